The average Bonchev–Trinajstić information content (AvgIpc) is 3.13. The minimum atomic E-state index is -0.0707. The Labute approximate surface area is 170 Å². The van der Waals surface area contributed by atoms with Gasteiger partial charge < -0.3 is 14.2 Å². The van der Waals surface area contributed by atoms with Crippen molar-refractivity contribution in [1.29, 1.82) is 0 Å². The third kappa shape index (κ3) is 5.21. The summed E-state index contributed by atoms with van der Waals surface area (Å²) in [6.07, 6.45) is 3.71. The maximum Gasteiger partial charge on any atom is 0.254 e. The van der Waals surface area contributed by atoms with E-state index in [0.717, 1.165) is 5.82 Å². The predicted molar refractivity (Wildman–Crippen MR) is 111 cm³/mol. The van der Waals surface area contributed by atoms with Crippen LogP contribution in [0.2, 0.25) is 5.02 Å². The topological polar surface area (TPSA) is 47.4 Å². The molecule has 0 unspecified atom stereocenters. The summed E-state index contributed by atoms with van der Waals surface area (Å²) in [5.41, 5.74) is 3.02. The molecule has 0 saturated carbocycles. The SMILES string of the molecule is COCCN(Cc1nccn1Cc1ccc(C)cc1)C(=O)c1ccc(Cl)cc1. The zero-order valence-electron chi connectivity index (χ0n) is 16.1. The fourth-order valence-corrected chi connectivity index (χ4v) is 3.05. The van der Waals surface area contributed by atoms with Crippen molar-refractivity contribution < 1.29 is 9.53 Å². The van der Waals surface area contributed by atoms with E-state index >= 15 is 0 Å². The first-order valence-electron chi connectivity index (χ1n) is 9.16. The number of methoxy groups -OCH3 is 1. The van der Waals surface area contributed by atoms with Crippen LogP contribution in [-0.2, 0) is 17.8 Å². The van der Waals surface area contributed by atoms with Gasteiger partial charge in [-0.3, -0.25) is 4.79 Å². The Balaban J connectivity index is 1.77. The Hall–Kier alpha value is -2.63. The molecule has 1 heterocycles. The largest absolute Gasteiger partial charge is 0.383 e. The number of hydrogen-bond acceptors (Lipinski definition) is 3. The van der Waals surface area contributed by atoms with Gasteiger partial charge in [0.05, 0.1) is 13.2 Å². The van der Waals surface area contributed by atoms with Gasteiger partial charge in [0.25, 0.3) is 5.91 Å². The minimum absolute atomic E-state index is 0.0707. The molecule has 6 heteroatoms. The average molecular weight is 398 g/mol. The number of halogens is 1. The molecule has 3 rings (SSSR count). The zero-order valence-corrected chi connectivity index (χ0v) is 16.9. The Kier molecular flexibility index (Phi) is 6.85. The van der Waals surface area contributed by atoms with Gasteiger partial charge in [-0.1, -0.05) is 41.4 Å². The second kappa shape index (κ2) is 9.53. The van der Waals surface area contributed by atoms with Gasteiger partial charge >= 0.3 is 0 Å². The van der Waals surface area contributed by atoms with E-state index in [0.29, 0.717) is 36.8 Å². The summed E-state index contributed by atoms with van der Waals surface area (Å²) in [6, 6.07) is 15.3. The molecule has 1 aromatic heterocycles. The molecule has 0 aliphatic rings. The molecule has 0 radical (unpaired) electrons. The van der Waals surface area contributed by atoms with Crippen molar-refractivity contribution in [3.8, 4) is 0 Å². The molecule has 0 aliphatic carbocycles. The quantitative estimate of drug-likeness (QED) is 0.572. The van der Waals surface area contributed by atoms with E-state index in [9.17, 15) is 4.79 Å². The smallest absolute Gasteiger partial charge is 0.254 e. The summed E-state index contributed by atoms with van der Waals surface area (Å²) >= 11 is 5.94. The lowest BCUT2D eigenvalue weighted by Gasteiger charge is -2.23. The maximum absolute atomic E-state index is 13.0. The van der Waals surface area contributed by atoms with Crippen molar-refractivity contribution in [3.05, 3.63) is 88.5 Å². The molecule has 0 spiro atoms. The highest BCUT2D eigenvalue weighted by Gasteiger charge is 2.18. The zero-order chi connectivity index (χ0) is 19.9. The van der Waals surface area contributed by atoms with Crippen molar-refractivity contribution >= 4 is 17.5 Å². The number of rotatable bonds is 8. The fraction of sp³-hybridized carbons (Fsp3) is 0.273. The third-order valence-electron chi connectivity index (χ3n) is 4.55. The van der Waals surface area contributed by atoms with Crippen LogP contribution in [0.15, 0.2) is 60.9 Å². The summed E-state index contributed by atoms with van der Waals surface area (Å²) in [6.45, 7) is 4.13. The number of carbonyl (C=O) groups is 1. The number of amides is 1. The molecule has 146 valence electrons. The number of imidazole rings is 1. The molecule has 0 saturated heterocycles. The molecule has 0 N–H and O–H groups in total. The number of aryl methyl sites for hydroxylation is 1. The van der Waals surface area contributed by atoms with Gasteiger partial charge in [0.1, 0.15) is 5.82 Å². The van der Waals surface area contributed by atoms with Crippen LogP contribution in [0.1, 0.15) is 27.3 Å². The van der Waals surface area contributed by atoms with Crippen LogP contribution < -0.4 is 0 Å². The van der Waals surface area contributed by atoms with Crippen molar-refractivity contribution in [1.82, 2.24) is 14.5 Å². The lowest BCUT2D eigenvalue weighted by atomic mass is 10.1. The number of benzene rings is 2. The molecule has 3 aromatic rings. The highest BCUT2D eigenvalue weighted by Crippen LogP contribution is 2.14. The van der Waals surface area contributed by atoms with E-state index in [1.165, 1.54) is 11.1 Å². The number of aromatic nitrogens is 2. The van der Waals surface area contributed by atoms with Crippen molar-refractivity contribution in [3.63, 3.8) is 0 Å². The van der Waals surface area contributed by atoms with Crippen LogP contribution in [0.25, 0.3) is 0 Å². The lowest BCUT2D eigenvalue weighted by molar-refractivity contribution is 0.0673. The molecular formula is C22H24ClN3O2. The van der Waals surface area contributed by atoms with Crippen LogP contribution >= 0.6 is 11.6 Å². The number of carbonyl (C=O) groups excluding carboxylic acids is 1. The number of nitrogens with zero attached hydrogens (tertiary/aromatic N) is 3. The first kappa shape index (κ1) is 20.1. The second-order valence-corrected chi connectivity index (χ2v) is 7.12. The molecule has 28 heavy (non-hydrogen) atoms. The van der Waals surface area contributed by atoms with Crippen LogP contribution in [0.3, 0.4) is 0 Å². The van der Waals surface area contributed by atoms with Crippen molar-refractivity contribution in [2.45, 2.75) is 20.0 Å². The molecule has 0 aliphatic heterocycles. The molecule has 0 bridgehead atoms. The Morgan fingerprint density at radius 1 is 1.14 bits per heavy atom. The fourth-order valence-electron chi connectivity index (χ4n) is 2.93. The van der Waals surface area contributed by atoms with E-state index < -0.39 is 0 Å². The molecule has 0 atom stereocenters. The van der Waals surface area contributed by atoms with E-state index in [-0.39, 0.29) is 5.91 Å². The van der Waals surface area contributed by atoms with E-state index in [4.69, 9.17) is 16.3 Å². The lowest BCUT2D eigenvalue weighted by Crippen LogP contribution is -2.34. The highest BCUT2D eigenvalue weighted by atomic mass is 35.5. The van der Waals surface area contributed by atoms with Gasteiger partial charge in [-0.05, 0) is 36.8 Å². The molecule has 5 nitrogen and oxygen atoms in total. The number of hydrogen-bond donors (Lipinski definition) is 0. The Morgan fingerprint density at radius 3 is 2.54 bits per heavy atom. The van der Waals surface area contributed by atoms with Gasteiger partial charge in [-0.2, -0.15) is 0 Å². The number of ether oxygens (including phenoxy) is 1. The van der Waals surface area contributed by atoms with Gasteiger partial charge in [0.2, 0.25) is 0 Å². The predicted octanol–water partition coefficient (Wildman–Crippen LogP) is 4.18. The summed E-state index contributed by atoms with van der Waals surface area (Å²) in [5.74, 6) is 0.762. The van der Waals surface area contributed by atoms with E-state index in [1.807, 2.05) is 6.20 Å². The summed E-state index contributed by atoms with van der Waals surface area (Å²) in [4.78, 5) is 19.2. The maximum atomic E-state index is 13.0. The molecule has 0 fully saturated rings. The Morgan fingerprint density at radius 2 is 1.86 bits per heavy atom. The highest BCUT2D eigenvalue weighted by molar-refractivity contribution is 6.30. The van der Waals surface area contributed by atoms with Gasteiger partial charge in [-0.15, -0.1) is 0 Å². The molecular weight excluding hydrogens is 374 g/mol. The standard InChI is InChI=1S/C22H24ClN3O2/c1-17-3-5-18(6-4-17)15-25-12-11-24-21(25)16-26(13-14-28-2)22(27)19-7-9-20(23)10-8-19/h3-12H,13-16H2,1-2H3. The van der Waals surface area contributed by atoms with E-state index in [1.54, 1.807) is 42.5 Å². The first-order chi connectivity index (χ1) is 13.6. The van der Waals surface area contributed by atoms with Crippen LogP contribution in [0, 0.1) is 6.92 Å². The van der Waals surface area contributed by atoms with Gasteiger partial charge in [0, 0.05) is 43.2 Å². The molecule has 1 amide bonds. The Bertz CT molecular complexity index is 904. The van der Waals surface area contributed by atoms with Gasteiger partial charge in [-0.25, -0.2) is 4.98 Å². The monoisotopic (exact) mass is 397 g/mol. The second-order valence-electron chi connectivity index (χ2n) is 6.68. The van der Waals surface area contributed by atoms with Gasteiger partial charge in [0.15, 0.2) is 0 Å². The third-order valence-corrected chi connectivity index (χ3v) is 4.80. The first-order valence-corrected chi connectivity index (χ1v) is 9.54. The molecule has 2 aromatic carbocycles. The summed E-state index contributed by atoms with van der Waals surface area (Å²) < 4.78 is 7.26. The van der Waals surface area contributed by atoms with Crippen LogP contribution in [-0.4, -0.2) is 40.6 Å². The van der Waals surface area contributed by atoms with E-state index in [2.05, 4.69) is 40.7 Å². The normalized spacial score (nSPS) is 10.8. The summed E-state index contributed by atoms with van der Waals surface area (Å²) in [5, 5.41) is 0.605. The van der Waals surface area contributed by atoms with Crippen LogP contribution in [0.4, 0.5) is 0 Å². The summed E-state index contributed by atoms with van der Waals surface area (Å²) in [7, 11) is 1.63. The minimum Gasteiger partial charge on any atom is -0.383 e. The van der Waals surface area contributed by atoms with Crippen molar-refractivity contribution in [2.24, 2.45) is 0 Å². The van der Waals surface area contributed by atoms with Crippen molar-refractivity contribution in [2.75, 3.05) is 20.3 Å². The van der Waals surface area contributed by atoms with Crippen LogP contribution in [0.5, 0.6) is 0 Å².